The van der Waals surface area contributed by atoms with Crippen LogP contribution in [0, 0.1) is 5.92 Å². The maximum absolute atomic E-state index is 13.3. The summed E-state index contributed by atoms with van der Waals surface area (Å²) in [5.74, 6) is -0.0235. The molecule has 9 heteroatoms. The molecule has 180 valence electrons. The van der Waals surface area contributed by atoms with Crippen molar-refractivity contribution in [2.45, 2.75) is 51.7 Å². The molecule has 0 unspecified atom stereocenters. The number of aromatic nitrogens is 4. The molecule has 1 amide bonds. The number of benzene rings is 1. The Labute approximate surface area is 199 Å². The minimum absolute atomic E-state index is 0.0169. The molecule has 9 nitrogen and oxygen atoms in total. The van der Waals surface area contributed by atoms with Gasteiger partial charge in [-0.05, 0) is 24.5 Å². The molecule has 0 spiro atoms. The number of nitrogens with one attached hydrogen (secondary N) is 1. The van der Waals surface area contributed by atoms with Crippen molar-refractivity contribution in [3.63, 3.8) is 0 Å². The van der Waals surface area contributed by atoms with E-state index in [-0.39, 0.29) is 23.7 Å². The number of carbonyl (C=O) groups is 2. The standard InChI is InChI=1S/C25H32N6O3/c1-4-17(5-2)14-30-15-20(31-16-22(28-29-31)25(33)34-3)12-23(30)24(32)26-13-19-11-10-18-8-6-7-9-21(18)27-19/h6-11,16-17,20,23H,4-5,12-15H2,1-3H3,(H,26,32)/t20-,23-/m0/s1. The van der Waals surface area contributed by atoms with E-state index < -0.39 is 5.97 Å². The van der Waals surface area contributed by atoms with Gasteiger partial charge in [0, 0.05) is 18.5 Å². The number of hydrogen-bond donors (Lipinski definition) is 1. The summed E-state index contributed by atoms with van der Waals surface area (Å²) < 4.78 is 6.42. The largest absolute Gasteiger partial charge is 0.464 e. The predicted molar refractivity (Wildman–Crippen MR) is 128 cm³/mol. The van der Waals surface area contributed by atoms with E-state index in [1.165, 1.54) is 7.11 Å². The van der Waals surface area contributed by atoms with Crippen molar-refractivity contribution in [2.24, 2.45) is 5.92 Å². The van der Waals surface area contributed by atoms with Gasteiger partial charge in [0.05, 0.1) is 43.1 Å². The predicted octanol–water partition coefficient (Wildman–Crippen LogP) is 2.98. The molecule has 0 saturated carbocycles. The molecule has 3 aromatic rings. The highest BCUT2D eigenvalue weighted by atomic mass is 16.5. The van der Waals surface area contributed by atoms with E-state index in [4.69, 9.17) is 4.74 Å². The highest BCUT2D eigenvalue weighted by molar-refractivity contribution is 5.86. The molecule has 1 aliphatic heterocycles. The summed E-state index contributed by atoms with van der Waals surface area (Å²) >= 11 is 0. The zero-order chi connectivity index (χ0) is 24.1. The van der Waals surface area contributed by atoms with Gasteiger partial charge in [-0.2, -0.15) is 0 Å². The average molecular weight is 465 g/mol. The van der Waals surface area contributed by atoms with Crippen LogP contribution < -0.4 is 5.32 Å². The summed E-state index contributed by atoms with van der Waals surface area (Å²) in [5, 5.41) is 12.2. The summed E-state index contributed by atoms with van der Waals surface area (Å²) in [6.45, 7) is 6.26. The number of amides is 1. The molecule has 1 saturated heterocycles. The molecule has 1 fully saturated rings. The Hall–Kier alpha value is -3.33. The van der Waals surface area contributed by atoms with Crippen molar-refractivity contribution >= 4 is 22.8 Å². The zero-order valence-electron chi connectivity index (χ0n) is 20.0. The topological polar surface area (TPSA) is 102 Å². The lowest BCUT2D eigenvalue weighted by Crippen LogP contribution is -2.44. The first-order chi connectivity index (χ1) is 16.5. The maximum Gasteiger partial charge on any atom is 0.360 e. The number of esters is 1. The second kappa shape index (κ2) is 10.7. The van der Waals surface area contributed by atoms with Crippen molar-refractivity contribution in [3.05, 3.63) is 54.0 Å². The first-order valence-electron chi connectivity index (χ1n) is 11.9. The van der Waals surface area contributed by atoms with Gasteiger partial charge in [-0.3, -0.25) is 14.7 Å². The average Bonchev–Trinajstić information content (AvgIpc) is 3.53. The van der Waals surface area contributed by atoms with E-state index in [0.29, 0.717) is 25.4 Å². The molecule has 1 aromatic carbocycles. The van der Waals surface area contributed by atoms with Gasteiger partial charge in [0.2, 0.25) is 5.91 Å². The molecule has 3 heterocycles. The van der Waals surface area contributed by atoms with Crippen LogP contribution in [0.25, 0.3) is 10.9 Å². The van der Waals surface area contributed by atoms with Crippen LogP contribution in [0.5, 0.6) is 0 Å². The number of pyridine rings is 1. The highest BCUT2D eigenvalue weighted by Gasteiger charge is 2.38. The van der Waals surface area contributed by atoms with E-state index in [1.54, 1.807) is 10.9 Å². The number of ether oxygens (including phenoxy) is 1. The fourth-order valence-electron chi connectivity index (χ4n) is 4.58. The van der Waals surface area contributed by atoms with Crippen LogP contribution in [0.4, 0.5) is 0 Å². The molecule has 0 aliphatic carbocycles. The van der Waals surface area contributed by atoms with E-state index in [2.05, 4.69) is 39.4 Å². The van der Waals surface area contributed by atoms with Crippen molar-refractivity contribution in [3.8, 4) is 0 Å². The van der Waals surface area contributed by atoms with Crippen molar-refractivity contribution in [1.82, 2.24) is 30.2 Å². The van der Waals surface area contributed by atoms with Crippen LogP contribution in [0.15, 0.2) is 42.6 Å². The van der Waals surface area contributed by atoms with Crippen molar-refractivity contribution in [1.29, 1.82) is 0 Å². The minimum Gasteiger partial charge on any atom is -0.464 e. The summed E-state index contributed by atoms with van der Waals surface area (Å²) in [6.07, 6.45) is 4.32. The Kier molecular flexibility index (Phi) is 7.52. The number of methoxy groups -OCH3 is 1. The summed E-state index contributed by atoms with van der Waals surface area (Å²) in [6, 6.07) is 11.6. The van der Waals surface area contributed by atoms with Crippen LogP contribution in [0.3, 0.4) is 0 Å². The second-order valence-electron chi connectivity index (χ2n) is 8.83. The number of rotatable bonds is 9. The lowest BCUT2D eigenvalue weighted by Gasteiger charge is -2.27. The number of likely N-dealkylation sites (tertiary alicyclic amines) is 1. The molecule has 2 atom stereocenters. The molecule has 1 N–H and O–H groups in total. The molecule has 4 rings (SSSR count). The third-order valence-corrected chi connectivity index (χ3v) is 6.71. The first-order valence-corrected chi connectivity index (χ1v) is 11.9. The van der Waals surface area contributed by atoms with Crippen LogP contribution in [-0.2, 0) is 16.1 Å². The number of carbonyl (C=O) groups excluding carboxylic acids is 2. The molecule has 0 bridgehead atoms. The first kappa shape index (κ1) is 23.8. The molecule has 34 heavy (non-hydrogen) atoms. The Morgan fingerprint density at radius 3 is 2.74 bits per heavy atom. The quantitative estimate of drug-likeness (QED) is 0.486. The minimum atomic E-state index is -0.518. The van der Waals surface area contributed by atoms with Gasteiger partial charge in [0.1, 0.15) is 0 Å². The van der Waals surface area contributed by atoms with Crippen molar-refractivity contribution in [2.75, 3.05) is 20.2 Å². The molecule has 0 radical (unpaired) electrons. The lowest BCUT2D eigenvalue weighted by molar-refractivity contribution is -0.125. The van der Waals surface area contributed by atoms with Crippen LogP contribution in [-0.4, -0.2) is 63.0 Å². The fraction of sp³-hybridized carbons (Fsp3) is 0.480. The number of para-hydroxylation sites is 1. The van der Waals surface area contributed by atoms with E-state index in [0.717, 1.165) is 36.0 Å². The lowest BCUT2D eigenvalue weighted by atomic mass is 10.0. The van der Waals surface area contributed by atoms with Crippen LogP contribution in [0.2, 0.25) is 0 Å². The van der Waals surface area contributed by atoms with Crippen molar-refractivity contribution < 1.29 is 14.3 Å². The number of nitrogens with zero attached hydrogens (tertiary/aromatic N) is 5. The summed E-state index contributed by atoms with van der Waals surface area (Å²) in [7, 11) is 1.32. The Morgan fingerprint density at radius 1 is 1.18 bits per heavy atom. The third-order valence-electron chi connectivity index (χ3n) is 6.71. The Balaban J connectivity index is 1.47. The van der Waals surface area contributed by atoms with Gasteiger partial charge >= 0.3 is 5.97 Å². The summed E-state index contributed by atoms with van der Waals surface area (Å²) in [4.78, 5) is 32.0. The van der Waals surface area contributed by atoms with Gasteiger partial charge in [0.25, 0.3) is 0 Å². The van der Waals surface area contributed by atoms with E-state index in [1.807, 2.05) is 36.4 Å². The zero-order valence-corrected chi connectivity index (χ0v) is 20.0. The van der Waals surface area contributed by atoms with Gasteiger partial charge in [0.15, 0.2) is 5.69 Å². The Bertz CT molecular complexity index is 1140. The van der Waals surface area contributed by atoms with Gasteiger partial charge in [-0.1, -0.05) is 56.2 Å². The van der Waals surface area contributed by atoms with Crippen LogP contribution >= 0.6 is 0 Å². The number of fused-ring (bicyclic) bond motifs is 1. The smallest absolute Gasteiger partial charge is 0.360 e. The highest BCUT2D eigenvalue weighted by Crippen LogP contribution is 2.29. The van der Waals surface area contributed by atoms with Gasteiger partial charge in [-0.15, -0.1) is 5.10 Å². The second-order valence-corrected chi connectivity index (χ2v) is 8.83. The van der Waals surface area contributed by atoms with E-state index >= 15 is 0 Å². The maximum atomic E-state index is 13.3. The normalized spacial score (nSPS) is 18.5. The molecular formula is C25H32N6O3. The SMILES string of the molecule is CCC(CC)CN1C[C@@H](n2cc(C(=O)OC)nn2)C[C@H]1C(=O)NCc1ccc2ccccc2n1. The molecule has 1 aliphatic rings. The molecular weight excluding hydrogens is 432 g/mol. The van der Waals surface area contributed by atoms with Gasteiger partial charge in [-0.25, -0.2) is 9.48 Å². The van der Waals surface area contributed by atoms with E-state index in [9.17, 15) is 9.59 Å². The third kappa shape index (κ3) is 5.25. The molecule has 2 aromatic heterocycles. The monoisotopic (exact) mass is 464 g/mol. The fourth-order valence-corrected chi connectivity index (χ4v) is 4.58. The number of hydrogen-bond acceptors (Lipinski definition) is 7. The Morgan fingerprint density at radius 2 is 1.97 bits per heavy atom. The van der Waals surface area contributed by atoms with Gasteiger partial charge < -0.3 is 10.1 Å². The van der Waals surface area contributed by atoms with Crippen LogP contribution in [0.1, 0.15) is 55.3 Å². The summed E-state index contributed by atoms with van der Waals surface area (Å²) in [5.41, 5.74) is 1.91.